The molecule has 26 heavy (non-hydrogen) atoms. The van der Waals surface area contributed by atoms with Gasteiger partial charge in [-0.3, -0.25) is 9.24 Å². The minimum Gasteiger partial charge on any atom is -0.346 e. The summed E-state index contributed by atoms with van der Waals surface area (Å²) in [6.45, 7) is 2.05. The summed E-state index contributed by atoms with van der Waals surface area (Å²) < 4.78 is 16.4. The van der Waals surface area contributed by atoms with Crippen LogP contribution in [0.1, 0.15) is 16.9 Å². The van der Waals surface area contributed by atoms with Crippen molar-refractivity contribution in [1.82, 2.24) is 5.32 Å². The molecule has 1 aliphatic rings. The summed E-state index contributed by atoms with van der Waals surface area (Å²) in [6, 6.07) is 27.5. The van der Waals surface area contributed by atoms with Crippen LogP contribution in [0.5, 0.6) is 0 Å². The Labute approximate surface area is 159 Å². The molecule has 0 unspecified atom stereocenters. The molecule has 0 bridgehead atoms. The van der Waals surface area contributed by atoms with Crippen molar-refractivity contribution in [3.63, 3.8) is 0 Å². The zero-order valence-corrected chi connectivity index (χ0v) is 16.1. The molecule has 0 saturated carbocycles. The van der Waals surface area contributed by atoms with E-state index in [9.17, 15) is 4.57 Å². The summed E-state index contributed by atoms with van der Waals surface area (Å²) in [4.78, 5) is 0. The van der Waals surface area contributed by atoms with Crippen molar-refractivity contribution in [3.8, 4) is 0 Å². The van der Waals surface area contributed by atoms with Crippen molar-refractivity contribution < 1.29 is 4.57 Å². The Morgan fingerprint density at radius 3 is 2.08 bits per heavy atom. The lowest BCUT2D eigenvalue weighted by molar-refractivity contribution is 0.574. The number of thiocarbonyl (C=S) groups is 1. The molecule has 1 saturated heterocycles. The van der Waals surface area contributed by atoms with Gasteiger partial charge in [0, 0.05) is 5.30 Å². The molecule has 0 radical (unpaired) electrons. The van der Waals surface area contributed by atoms with Gasteiger partial charge in [0.25, 0.3) is 0 Å². The average Bonchev–Trinajstić information content (AvgIpc) is 2.95. The van der Waals surface area contributed by atoms with Gasteiger partial charge in [-0.05, 0) is 49.0 Å². The Hall–Kier alpha value is -2.42. The van der Waals surface area contributed by atoms with E-state index in [1.165, 1.54) is 5.56 Å². The highest BCUT2D eigenvalue weighted by Crippen LogP contribution is 2.64. The molecule has 0 amide bonds. The van der Waals surface area contributed by atoms with Crippen LogP contribution in [-0.2, 0) is 4.57 Å². The highest BCUT2D eigenvalue weighted by atomic mass is 32.1. The number of nitrogens with one attached hydrogen (secondary N) is 1. The summed E-state index contributed by atoms with van der Waals surface area (Å²) in [5, 5.41) is 4.61. The van der Waals surface area contributed by atoms with E-state index in [-0.39, 0.29) is 5.78 Å². The number of anilines is 1. The summed E-state index contributed by atoms with van der Waals surface area (Å²) in [7, 11) is -3.08. The van der Waals surface area contributed by atoms with Crippen LogP contribution >= 0.6 is 19.5 Å². The second-order valence-corrected chi connectivity index (χ2v) is 9.43. The van der Waals surface area contributed by atoms with Crippen LogP contribution in [0.4, 0.5) is 5.69 Å². The Kier molecular flexibility index (Phi) is 4.39. The highest BCUT2D eigenvalue weighted by Gasteiger charge is 2.49. The SMILES string of the molecule is Cc1ccc([C@@H]2NC(=S)N(c3ccccc3)[P@@]2(=O)c2ccccc2)cc1. The smallest absolute Gasteiger partial charge is 0.232 e. The van der Waals surface area contributed by atoms with E-state index in [1.807, 2.05) is 96.5 Å². The van der Waals surface area contributed by atoms with E-state index in [0.717, 1.165) is 16.6 Å². The molecule has 1 N–H and O–H groups in total. The maximum absolute atomic E-state index is 14.5. The lowest BCUT2D eigenvalue weighted by atomic mass is 10.1. The molecule has 1 aliphatic heterocycles. The van der Waals surface area contributed by atoms with Gasteiger partial charge in [0.15, 0.2) is 5.11 Å². The van der Waals surface area contributed by atoms with Crippen LogP contribution in [0, 0.1) is 6.92 Å². The Morgan fingerprint density at radius 2 is 1.46 bits per heavy atom. The molecule has 3 nitrogen and oxygen atoms in total. The summed E-state index contributed by atoms with van der Waals surface area (Å²) in [6.07, 6.45) is 0. The third kappa shape index (κ3) is 2.76. The molecule has 1 fully saturated rings. The minimum atomic E-state index is -3.08. The molecule has 2 atom stereocenters. The van der Waals surface area contributed by atoms with E-state index in [2.05, 4.69) is 5.32 Å². The minimum absolute atomic E-state index is 0.377. The molecular weight excluding hydrogens is 359 g/mol. The van der Waals surface area contributed by atoms with Crippen molar-refractivity contribution in [1.29, 1.82) is 0 Å². The van der Waals surface area contributed by atoms with Gasteiger partial charge in [-0.25, -0.2) is 0 Å². The molecule has 0 aliphatic carbocycles. The van der Waals surface area contributed by atoms with Gasteiger partial charge >= 0.3 is 0 Å². The summed E-state index contributed by atoms with van der Waals surface area (Å²) in [5.41, 5.74) is 2.99. The molecule has 0 spiro atoms. The lowest BCUT2D eigenvalue weighted by Gasteiger charge is -2.28. The summed E-state index contributed by atoms with van der Waals surface area (Å²) in [5.74, 6) is -0.377. The summed E-state index contributed by atoms with van der Waals surface area (Å²) >= 11 is 5.62. The quantitative estimate of drug-likeness (QED) is 0.514. The van der Waals surface area contributed by atoms with E-state index in [4.69, 9.17) is 12.2 Å². The Bertz CT molecular complexity index is 974. The third-order valence-electron chi connectivity index (χ3n) is 4.62. The van der Waals surface area contributed by atoms with Crippen molar-refractivity contribution in [2.45, 2.75) is 12.7 Å². The second-order valence-electron chi connectivity index (χ2n) is 6.37. The van der Waals surface area contributed by atoms with Crippen LogP contribution < -0.4 is 15.3 Å². The van der Waals surface area contributed by atoms with Crippen LogP contribution in [0.25, 0.3) is 0 Å². The van der Waals surface area contributed by atoms with E-state index < -0.39 is 7.29 Å². The number of hydrogen-bond donors (Lipinski definition) is 1. The standard InChI is InChI=1S/C21H19N2OPS/c1-16-12-14-17(15-13-16)20-22-21(26)23(18-8-4-2-5-9-18)25(20,24)19-10-6-3-7-11-19/h2-15,20H,1H3,(H,22,26)/t20-,25-/m1/s1. The van der Waals surface area contributed by atoms with Crippen molar-refractivity contribution in [2.75, 3.05) is 4.67 Å². The van der Waals surface area contributed by atoms with E-state index in [0.29, 0.717) is 5.11 Å². The van der Waals surface area contributed by atoms with Crippen molar-refractivity contribution >= 4 is 35.6 Å². The number of rotatable bonds is 3. The average molecular weight is 378 g/mol. The predicted octanol–water partition coefficient (Wildman–Crippen LogP) is 4.99. The van der Waals surface area contributed by atoms with Crippen molar-refractivity contribution in [3.05, 3.63) is 96.1 Å². The maximum Gasteiger partial charge on any atom is 0.232 e. The fourth-order valence-corrected chi connectivity index (χ4v) is 7.03. The number of aryl methyl sites for hydroxylation is 1. The number of hydrogen-bond acceptors (Lipinski definition) is 2. The fraction of sp³-hybridized carbons (Fsp3) is 0.0952. The third-order valence-corrected chi connectivity index (χ3v) is 8.25. The van der Waals surface area contributed by atoms with Crippen LogP contribution in [0.2, 0.25) is 0 Å². The molecule has 1 heterocycles. The predicted molar refractivity (Wildman–Crippen MR) is 112 cm³/mol. The zero-order chi connectivity index (χ0) is 18.1. The zero-order valence-electron chi connectivity index (χ0n) is 14.4. The number of nitrogens with zero attached hydrogens (tertiary/aromatic N) is 1. The van der Waals surface area contributed by atoms with Gasteiger partial charge < -0.3 is 5.32 Å². The molecule has 5 heteroatoms. The first-order valence-electron chi connectivity index (χ1n) is 8.49. The first-order chi connectivity index (χ1) is 12.6. The highest BCUT2D eigenvalue weighted by molar-refractivity contribution is 7.84. The number of benzene rings is 3. The molecular formula is C21H19N2OPS. The maximum atomic E-state index is 14.5. The van der Waals surface area contributed by atoms with Gasteiger partial charge in [0.2, 0.25) is 7.29 Å². The van der Waals surface area contributed by atoms with Crippen LogP contribution in [-0.4, -0.2) is 5.11 Å². The first-order valence-corrected chi connectivity index (χ1v) is 10.6. The van der Waals surface area contributed by atoms with E-state index >= 15 is 0 Å². The Balaban J connectivity index is 1.91. The fourth-order valence-electron chi connectivity index (χ4n) is 3.31. The molecule has 3 aromatic rings. The lowest BCUT2D eigenvalue weighted by Crippen LogP contribution is -2.27. The molecule has 3 aromatic carbocycles. The van der Waals surface area contributed by atoms with Gasteiger partial charge in [0.05, 0.1) is 5.69 Å². The van der Waals surface area contributed by atoms with Crippen LogP contribution in [0.3, 0.4) is 0 Å². The molecule has 130 valence electrons. The number of para-hydroxylation sites is 1. The normalized spacial score (nSPS) is 22.3. The van der Waals surface area contributed by atoms with Gasteiger partial charge in [-0.1, -0.05) is 66.2 Å². The Morgan fingerprint density at radius 1 is 0.885 bits per heavy atom. The monoisotopic (exact) mass is 378 g/mol. The van der Waals surface area contributed by atoms with Gasteiger partial charge in [0.1, 0.15) is 5.78 Å². The topological polar surface area (TPSA) is 32.3 Å². The first kappa shape index (κ1) is 17.0. The van der Waals surface area contributed by atoms with Gasteiger partial charge in [-0.15, -0.1) is 0 Å². The van der Waals surface area contributed by atoms with E-state index in [1.54, 1.807) is 0 Å². The van der Waals surface area contributed by atoms with Crippen molar-refractivity contribution in [2.24, 2.45) is 0 Å². The molecule has 4 rings (SSSR count). The largest absolute Gasteiger partial charge is 0.346 e. The molecule has 0 aromatic heterocycles. The van der Waals surface area contributed by atoms with Gasteiger partial charge in [-0.2, -0.15) is 0 Å². The van der Waals surface area contributed by atoms with Crippen LogP contribution in [0.15, 0.2) is 84.9 Å². The second kappa shape index (κ2) is 6.71.